The van der Waals surface area contributed by atoms with Gasteiger partial charge in [0.05, 0.1) is 11.6 Å². The second-order valence-electron chi connectivity index (χ2n) is 13.0. The second-order valence-corrected chi connectivity index (χ2v) is 13.0. The predicted octanol–water partition coefficient (Wildman–Crippen LogP) is 2.27. The van der Waals surface area contributed by atoms with Gasteiger partial charge < -0.3 is 30.6 Å². The van der Waals surface area contributed by atoms with Crippen LogP contribution in [0, 0.1) is 17.3 Å². The molecule has 40 heavy (non-hydrogen) atoms. The number of Topliss-reactive ketones (excluding diaryl/α,β-unsaturated/α-hetero) is 3. The number of ketones is 3. The number of rotatable bonds is 6. The maximum atomic E-state index is 14.1. The van der Waals surface area contributed by atoms with Crippen LogP contribution in [0.1, 0.15) is 50.8 Å². The summed E-state index contributed by atoms with van der Waals surface area (Å²) in [7, 11) is 6.94. The number of hydrogen-bond acceptors (Lipinski definition) is 10. The minimum absolute atomic E-state index is 0.00604. The summed E-state index contributed by atoms with van der Waals surface area (Å²) in [5.41, 5.74) is -1.22. The highest BCUT2D eigenvalue weighted by Gasteiger charge is 2.64. The monoisotopic (exact) mass is 555 g/mol. The maximum Gasteiger partial charge on any atom is 0.202 e. The number of anilines is 1. The summed E-state index contributed by atoms with van der Waals surface area (Å²) in [6.07, 6.45) is 0.357. The van der Waals surface area contributed by atoms with Gasteiger partial charge in [-0.05, 0) is 56.8 Å². The van der Waals surface area contributed by atoms with Crippen molar-refractivity contribution in [2.45, 2.75) is 58.7 Å². The summed E-state index contributed by atoms with van der Waals surface area (Å²) in [6, 6.07) is 0.829. The number of nitrogens with one attached hydrogen (secondary N) is 1. The van der Waals surface area contributed by atoms with E-state index < -0.39 is 57.9 Å². The van der Waals surface area contributed by atoms with E-state index >= 15 is 0 Å². The first kappa shape index (κ1) is 29.8. The van der Waals surface area contributed by atoms with Crippen molar-refractivity contribution in [2.24, 2.45) is 17.3 Å². The van der Waals surface area contributed by atoms with Crippen LogP contribution in [0.5, 0.6) is 5.75 Å². The number of aromatic hydroxyl groups is 1. The molecule has 1 aromatic rings. The Balaban J connectivity index is 1.91. The van der Waals surface area contributed by atoms with Gasteiger partial charge in [-0.1, -0.05) is 20.8 Å². The molecule has 5 N–H and O–H groups in total. The molecule has 0 bridgehead atoms. The molecule has 0 aromatic heterocycles. The Morgan fingerprint density at radius 2 is 1.75 bits per heavy atom. The van der Waals surface area contributed by atoms with E-state index in [0.29, 0.717) is 24.2 Å². The predicted molar refractivity (Wildman–Crippen MR) is 151 cm³/mol. The van der Waals surface area contributed by atoms with Crippen molar-refractivity contribution < 1.29 is 34.8 Å². The highest BCUT2D eigenvalue weighted by atomic mass is 16.3. The number of carbonyl (C=O) groups excluding carboxylic acids is 3. The van der Waals surface area contributed by atoms with Crippen LogP contribution in [-0.2, 0) is 27.3 Å². The van der Waals surface area contributed by atoms with Gasteiger partial charge in [0.1, 0.15) is 22.8 Å². The largest absolute Gasteiger partial charge is 0.508 e. The molecule has 0 heterocycles. The number of nitrogens with zero attached hydrogens (tertiary/aromatic N) is 2. The van der Waals surface area contributed by atoms with E-state index in [-0.39, 0.29) is 35.1 Å². The van der Waals surface area contributed by atoms with Crippen LogP contribution in [0.25, 0.3) is 5.76 Å². The smallest absolute Gasteiger partial charge is 0.202 e. The average molecular weight is 556 g/mol. The molecular formula is C30H41N3O7. The lowest BCUT2D eigenvalue weighted by Gasteiger charge is -2.50. The van der Waals surface area contributed by atoms with E-state index in [9.17, 15) is 34.8 Å². The van der Waals surface area contributed by atoms with Gasteiger partial charge in [-0.3, -0.25) is 19.3 Å². The molecule has 0 radical (unpaired) electrons. The molecule has 3 aliphatic carbocycles. The Labute approximate surface area is 235 Å². The molecule has 10 nitrogen and oxygen atoms in total. The zero-order chi connectivity index (χ0) is 30.1. The lowest BCUT2D eigenvalue weighted by atomic mass is 9.57. The molecule has 0 aliphatic heterocycles. The molecule has 3 aliphatic rings. The first-order chi connectivity index (χ1) is 18.4. The Kier molecular flexibility index (Phi) is 7.45. The third-order valence-corrected chi connectivity index (χ3v) is 8.33. The van der Waals surface area contributed by atoms with Crippen molar-refractivity contribution in [1.82, 2.24) is 10.2 Å². The maximum absolute atomic E-state index is 14.1. The fourth-order valence-electron chi connectivity index (χ4n) is 6.55. The molecule has 4 atom stereocenters. The van der Waals surface area contributed by atoms with Crippen molar-refractivity contribution in [3.63, 3.8) is 0 Å². The second kappa shape index (κ2) is 10.0. The van der Waals surface area contributed by atoms with Crippen molar-refractivity contribution in [1.29, 1.82) is 0 Å². The van der Waals surface area contributed by atoms with Gasteiger partial charge in [-0.15, -0.1) is 0 Å². The third kappa shape index (κ3) is 4.52. The minimum Gasteiger partial charge on any atom is -0.508 e. The summed E-state index contributed by atoms with van der Waals surface area (Å²) < 4.78 is 0. The number of benzene rings is 1. The lowest BCUT2D eigenvalue weighted by molar-refractivity contribution is -0.153. The first-order valence-electron chi connectivity index (χ1n) is 13.5. The Morgan fingerprint density at radius 3 is 2.27 bits per heavy atom. The summed E-state index contributed by atoms with van der Waals surface area (Å²) in [6.45, 7) is 8.35. The molecule has 218 valence electrons. The molecule has 0 saturated heterocycles. The van der Waals surface area contributed by atoms with Crippen LogP contribution in [-0.4, -0.2) is 89.1 Å². The number of fused-ring (bicyclic) bond motifs is 3. The van der Waals surface area contributed by atoms with Crippen molar-refractivity contribution in [3.05, 3.63) is 39.7 Å². The Bertz CT molecular complexity index is 1350. The number of likely N-dealkylation sites (N-methyl/N-ethyl adjacent to an activating group) is 1. The zero-order valence-corrected chi connectivity index (χ0v) is 24.5. The number of phenols is 1. The molecule has 1 saturated carbocycles. The Hall–Kier alpha value is -3.21. The van der Waals surface area contributed by atoms with E-state index in [0.717, 1.165) is 12.6 Å². The van der Waals surface area contributed by atoms with Crippen LogP contribution >= 0.6 is 0 Å². The Morgan fingerprint density at radius 1 is 1.12 bits per heavy atom. The highest BCUT2D eigenvalue weighted by Crippen LogP contribution is 2.54. The lowest BCUT2D eigenvalue weighted by Crippen LogP contribution is -2.65. The molecule has 4 rings (SSSR count). The van der Waals surface area contributed by atoms with Gasteiger partial charge in [0.15, 0.2) is 17.2 Å². The van der Waals surface area contributed by atoms with E-state index in [1.54, 1.807) is 19.0 Å². The van der Waals surface area contributed by atoms with Gasteiger partial charge in [0, 0.05) is 49.9 Å². The van der Waals surface area contributed by atoms with Gasteiger partial charge in [-0.25, -0.2) is 0 Å². The first-order valence-corrected chi connectivity index (χ1v) is 13.5. The molecular weight excluding hydrogens is 514 g/mol. The number of aliphatic hydroxyl groups excluding tert-OH is 2. The highest BCUT2D eigenvalue weighted by molar-refractivity contribution is 6.25. The average Bonchev–Trinajstić information content (AvgIpc) is 2.81. The van der Waals surface area contributed by atoms with Gasteiger partial charge in [0.25, 0.3) is 0 Å². The van der Waals surface area contributed by atoms with E-state index in [1.807, 2.05) is 25.1 Å². The number of phenolic OH excluding ortho intramolecular Hbond substituents is 1. The van der Waals surface area contributed by atoms with E-state index in [2.05, 4.69) is 26.1 Å². The fraction of sp³-hybridized carbons (Fsp3) is 0.567. The van der Waals surface area contributed by atoms with Crippen molar-refractivity contribution >= 4 is 28.8 Å². The normalized spacial score (nSPS) is 26.6. The van der Waals surface area contributed by atoms with Crippen LogP contribution in [0.3, 0.4) is 0 Å². The van der Waals surface area contributed by atoms with Gasteiger partial charge in [-0.2, -0.15) is 0 Å². The molecule has 0 unspecified atom stereocenters. The standard InChI is InChI=1S/C30H41N3O7/c1-14(34)20-26(37)23(33(7)8)18-10-15-9-17-19(32(5)6)11-16(12-31-13-29(2,3)4)24(35)22(17)25(36)21(15)28(39)30(18,40)27(20)38/h11,15,18,23,31,35-36,38,40H,9-10,12-13H2,1-8H3/t15-,18-,23-,30+/m0/s1. The zero-order valence-electron chi connectivity index (χ0n) is 24.5. The molecule has 1 fully saturated rings. The molecule has 0 spiro atoms. The number of hydrogen-bond donors (Lipinski definition) is 5. The SMILES string of the molecule is CC(=O)C1=C(O)[C@@]2(O)C(=O)C3=C(O)c4c(O)c(CNCC(C)(C)C)cc(N(C)C)c4C[C@H]3C[C@H]2[C@H](N(C)C)C1=O. The minimum atomic E-state index is -2.58. The van der Waals surface area contributed by atoms with Crippen LogP contribution in [0.4, 0.5) is 5.69 Å². The summed E-state index contributed by atoms with van der Waals surface area (Å²) >= 11 is 0. The molecule has 1 aromatic carbocycles. The molecule has 0 amide bonds. The quantitative estimate of drug-likeness (QED) is 0.331. The van der Waals surface area contributed by atoms with Crippen molar-refractivity contribution in [2.75, 3.05) is 39.6 Å². The van der Waals surface area contributed by atoms with Crippen molar-refractivity contribution in [3.8, 4) is 5.75 Å². The van der Waals surface area contributed by atoms with E-state index in [4.69, 9.17) is 0 Å². The van der Waals surface area contributed by atoms with Gasteiger partial charge >= 0.3 is 0 Å². The van der Waals surface area contributed by atoms with Crippen LogP contribution in [0.2, 0.25) is 0 Å². The summed E-state index contributed by atoms with van der Waals surface area (Å²) in [5, 5.41) is 49.2. The summed E-state index contributed by atoms with van der Waals surface area (Å²) in [4.78, 5) is 43.2. The van der Waals surface area contributed by atoms with Gasteiger partial charge in [0.2, 0.25) is 5.78 Å². The molecule has 10 heteroatoms. The van der Waals surface area contributed by atoms with Crippen LogP contribution < -0.4 is 10.2 Å². The van der Waals surface area contributed by atoms with Crippen LogP contribution in [0.15, 0.2) is 23.0 Å². The summed E-state index contributed by atoms with van der Waals surface area (Å²) in [5.74, 6) is -5.61. The van der Waals surface area contributed by atoms with E-state index in [1.165, 1.54) is 0 Å². The third-order valence-electron chi connectivity index (χ3n) is 8.33. The number of carbonyl (C=O) groups is 3. The number of aliphatic hydroxyl groups is 3. The fourth-order valence-corrected chi connectivity index (χ4v) is 6.55. The topological polar surface area (TPSA) is 151 Å².